The summed E-state index contributed by atoms with van der Waals surface area (Å²) < 4.78 is 6.28. The highest BCUT2D eigenvalue weighted by Gasteiger charge is 2.64. The number of nitrogens with one attached hydrogen (secondary N) is 1. The number of aliphatic hydroxyl groups is 1. The maximum atomic E-state index is 13.0. The number of benzene rings is 1. The Hall–Kier alpha value is -2.89. The zero-order valence-electron chi connectivity index (χ0n) is 20.3. The predicted octanol–water partition coefficient (Wildman–Crippen LogP) is 3.29. The summed E-state index contributed by atoms with van der Waals surface area (Å²) in [7, 11) is 0. The third-order valence-corrected chi connectivity index (χ3v) is 8.53. The van der Waals surface area contributed by atoms with Crippen molar-refractivity contribution in [3.05, 3.63) is 46.6 Å². The quantitative estimate of drug-likeness (QED) is 0.632. The van der Waals surface area contributed by atoms with Crippen molar-refractivity contribution in [2.45, 2.75) is 39.8 Å². The Morgan fingerprint density at radius 2 is 1.89 bits per heavy atom. The largest absolute Gasteiger partial charge is 0.489 e. The van der Waals surface area contributed by atoms with Gasteiger partial charge in [0.15, 0.2) is 11.5 Å². The van der Waals surface area contributed by atoms with Crippen molar-refractivity contribution < 1.29 is 14.6 Å². The van der Waals surface area contributed by atoms with E-state index in [2.05, 4.69) is 48.1 Å². The van der Waals surface area contributed by atoms with Crippen LogP contribution in [-0.2, 0) is 0 Å². The van der Waals surface area contributed by atoms with Gasteiger partial charge >= 0.3 is 0 Å². The van der Waals surface area contributed by atoms with Crippen LogP contribution in [0.15, 0.2) is 30.3 Å². The molecular weight excluding hydrogens is 466 g/mol. The van der Waals surface area contributed by atoms with Crippen LogP contribution in [0.1, 0.15) is 43.7 Å². The number of aromatic nitrogens is 2. The van der Waals surface area contributed by atoms with Gasteiger partial charge in [0, 0.05) is 42.6 Å². The van der Waals surface area contributed by atoms with Crippen molar-refractivity contribution in [1.29, 1.82) is 5.26 Å². The van der Waals surface area contributed by atoms with Gasteiger partial charge in [0.1, 0.15) is 17.9 Å². The molecule has 1 amide bonds. The lowest BCUT2D eigenvalue weighted by Crippen LogP contribution is -2.74. The van der Waals surface area contributed by atoms with Crippen LogP contribution in [0.25, 0.3) is 0 Å². The Kier molecular flexibility index (Phi) is 5.69. The molecule has 8 nitrogen and oxygen atoms in total. The Labute approximate surface area is 210 Å². The van der Waals surface area contributed by atoms with E-state index < -0.39 is 0 Å². The first-order chi connectivity index (χ1) is 16.6. The van der Waals surface area contributed by atoms with Gasteiger partial charge < -0.3 is 20.1 Å². The van der Waals surface area contributed by atoms with Crippen LogP contribution in [-0.4, -0.2) is 53.1 Å². The minimum absolute atomic E-state index is 0.149. The number of carbonyl (C=O) groups is 1. The molecule has 2 aromatic rings. The van der Waals surface area contributed by atoms with Gasteiger partial charge in [-0.05, 0) is 42.0 Å². The molecule has 2 saturated carbocycles. The molecule has 2 N–H and O–H groups in total. The molecule has 3 fully saturated rings. The Morgan fingerprint density at radius 1 is 1.20 bits per heavy atom. The number of ether oxygens (including phenoxy) is 1. The van der Waals surface area contributed by atoms with Crippen molar-refractivity contribution in [2.75, 3.05) is 24.6 Å². The first-order valence-electron chi connectivity index (χ1n) is 11.9. The molecule has 3 atom stereocenters. The van der Waals surface area contributed by atoms with Gasteiger partial charge in [-0.3, -0.25) is 4.79 Å². The lowest BCUT2D eigenvalue weighted by atomic mass is 9.49. The highest BCUT2D eigenvalue weighted by atomic mass is 35.5. The third kappa shape index (κ3) is 3.91. The number of fused-ring (bicyclic) bond motifs is 1. The number of hydrogen-bond donors (Lipinski definition) is 2. The number of rotatable bonds is 6. The maximum Gasteiger partial charge on any atom is 0.272 e. The molecule has 0 radical (unpaired) electrons. The molecule has 184 valence electrons. The lowest BCUT2D eigenvalue weighted by Gasteiger charge is -2.63. The van der Waals surface area contributed by atoms with E-state index in [4.69, 9.17) is 21.6 Å². The molecule has 1 aromatic heterocycles. The molecule has 2 aliphatic carbocycles. The summed E-state index contributed by atoms with van der Waals surface area (Å²) in [4.78, 5) is 15.2. The Bertz CT molecular complexity index is 1160. The molecule has 3 aliphatic rings. The second-order valence-electron chi connectivity index (χ2n) is 11.2. The molecule has 5 rings (SSSR count). The van der Waals surface area contributed by atoms with E-state index in [9.17, 15) is 9.90 Å². The van der Waals surface area contributed by atoms with Gasteiger partial charge in [0.25, 0.3) is 5.91 Å². The first-order valence-corrected chi connectivity index (χ1v) is 12.3. The molecule has 1 saturated heterocycles. The lowest BCUT2D eigenvalue weighted by molar-refractivity contribution is -0.164. The summed E-state index contributed by atoms with van der Waals surface area (Å²) in [6.45, 7) is 10.3. The number of amides is 1. The number of piperidine rings is 1. The molecular formula is C26H30ClN5O3. The Morgan fingerprint density at radius 3 is 2.43 bits per heavy atom. The maximum absolute atomic E-state index is 13.0. The van der Waals surface area contributed by atoms with Gasteiger partial charge in [-0.2, -0.15) is 5.26 Å². The van der Waals surface area contributed by atoms with Crippen molar-refractivity contribution in [3.63, 3.8) is 0 Å². The first kappa shape index (κ1) is 23.8. The summed E-state index contributed by atoms with van der Waals surface area (Å²) >= 11 is 6.17. The van der Waals surface area contributed by atoms with E-state index in [0.29, 0.717) is 34.1 Å². The molecule has 1 aliphatic heterocycles. The summed E-state index contributed by atoms with van der Waals surface area (Å²) in [6, 6.07) is 10.5. The zero-order chi connectivity index (χ0) is 25.1. The topological polar surface area (TPSA) is 111 Å². The molecule has 1 aromatic carbocycles. The number of carbonyl (C=O) groups excluding carboxylic acids is 1. The average molecular weight is 496 g/mol. The highest BCUT2D eigenvalue weighted by Crippen LogP contribution is 2.55. The number of hydrogen-bond acceptors (Lipinski definition) is 7. The van der Waals surface area contributed by atoms with Crippen LogP contribution < -0.4 is 15.0 Å². The second kappa shape index (κ2) is 8.35. The molecule has 0 bridgehead atoms. The van der Waals surface area contributed by atoms with Gasteiger partial charge in [-0.25, -0.2) is 0 Å². The highest BCUT2D eigenvalue weighted by molar-refractivity contribution is 6.31. The number of anilines is 1. The van der Waals surface area contributed by atoms with Gasteiger partial charge in [-0.1, -0.05) is 39.3 Å². The van der Waals surface area contributed by atoms with Crippen LogP contribution in [0, 0.1) is 39.9 Å². The van der Waals surface area contributed by atoms with E-state index in [0.717, 1.165) is 18.9 Å². The van der Waals surface area contributed by atoms with Crippen molar-refractivity contribution in [1.82, 2.24) is 15.5 Å². The number of aliphatic hydroxyl groups excluding tert-OH is 1. The van der Waals surface area contributed by atoms with Crippen LogP contribution in [0.3, 0.4) is 0 Å². The van der Waals surface area contributed by atoms with Crippen molar-refractivity contribution >= 4 is 23.3 Å². The van der Waals surface area contributed by atoms with E-state index in [1.807, 2.05) is 12.1 Å². The molecule has 0 spiro atoms. The monoisotopic (exact) mass is 495 g/mol. The fourth-order valence-electron chi connectivity index (χ4n) is 6.52. The van der Waals surface area contributed by atoms with Gasteiger partial charge in [0.2, 0.25) is 0 Å². The number of nitriles is 1. The van der Waals surface area contributed by atoms with E-state index in [-0.39, 0.29) is 41.2 Å². The fraction of sp³-hybridized carbons (Fsp3) is 0.538. The van der Waals surface area contributed by atoms with Crippen molar-refractivity contribution in [3.8, 4) is 11.8 Å². The zero-order valence-corrected chi connectivity index (χ0v) is 21.1. The van der Waals surface area contributed by atoms with E-state index >= 15 is 0 Å². The predicted molar refractivity (Wildman–Crippen MR) is 131 cm³/mol. The minimum Gasteiger partial charge on any atom is -0.489 e. The number of halogens is 1. The SMILES string of the molecule is CC1(C)C(NC(=O)c2ccc(N3C[C@@H]4C(CO)[C@@H]4C3)nn2)C(C)(C)C1Oc1ccc(C#N)c(Cl)c1. The summed E-state index contributed by atoms with van der Waals surface area (Å²) in [5, 5.41) is 30.4. The van der Waals surface area contributed by atoms with Gasteiger partial charge in [0.05, 0.1) is 10.6 Å². The third-order valence-electron chi connectivity index (χ3n) is 8.22. The average Bonchev–Trinajstić information content (AvgIpc) is 3.30. The summed E-state index contributed by atoms with van der Waals surface area (Å²) in [6.07, 6.45) is -0.179. The molecule has 2 heterocycles. The van der Waals surface area contributed by atoms with Crippen LogP contribution in [0.4, 0.5) is 5.82 Å². The van der Waals surface area contributed by atoms with Crippen LogP contribution in [0.5, 0.6) is 5.75 Å². The van der Waals surface area contributed by atoms with E-state index in [1.165, 1.54) is 0 Å². The Balaban J connectivity index is 1.22. The van der Waals surface area contributed by atoms with E-state index in [1.54, 1.807) is 24.3 Å². The normalized spacial score (nSPS) is 29.5. The molecule has 1 unspecified atom stereocenters. The molecule has 9 heteroatoms. The van der Waals surface area contributed by atoms with Crippen LogP contribution >= 0.6 is 11.6 Å². The fourth-order valence-corrected chi connectivity index (χ4v) is 6.74. The van der Waals surface area contributed by atoms with Crippen molar-refractivity contribution in [2.24, 2.45) is 28.6 Å². The minimum atomic E-state index is -0.354. The summed E-state index contributed by atoms with van der Waals surface area (Å²) in [5.74, 6) is 2.62. The molecule has 35 heavy (non-hydrogen) atoms. The standard InChI is InChI=1S/C26H30ClN5O3/c1-25(2)23(26(3,4)24(25)35-15-6-5-14(10-28)19(27)9-15)29-22(34)20-7-8-21(31-30-20)32-11-16-17(12-32)18(16)13-33/h5-9,16-18,23-24,33H,11-13H2,1-4H3,(H,29,34)/t16-,17+,18?,23?,24?. The van der Waals surface area contributed by atoms with Gasteiger partial charge in [-0.15, -0.1) is 10.2 Å². The number of nitrogens with zero attached hydrogens (tertiary/aromatic N) is 4. The second-order valence-corrected chi connectivity index (χ2v) is 11.6. The smallest absolute Gasteiger partial charge is 0.272 e. The van der Waals surface area contributed by atoms with Crippen LogP contribution in [0.2, 0.25) is 5.02 Å². The summed E-state index contributed by atoms with van der Waals surface area (Å²) in [5.41, 5.74) is -0.0279.